The number of benzene rings is 2. The first-order chi connectivity index (χ1) is 14.5. The van der Waals surface area contributed by atoms with E-state index in [0.717, 1.165) is 0 Å². The van der Waals surface area contributed by atoms with Crippen molar-refractivity contribution in [3.8, 4) is 0 Å². The van der Waals surface area contributed by atoms with Gasteiger partial charge >= 0.3 is 5.97 Å². The van der Waals surface area contributed by atoms with E-state index >= 15 is 0 Å². The molecule has 0 fully saturated rings. The molecule has 0 atom stereocenters. The number of hydrogen-bond acceptors (Lipinski definition) is 6. The van der Waals surface area contributed by atoms with Crippen molar-refractivity contribution in [2.75, 3.05) is 20.3 Å². The van der Waals surface area contributed by atoms with Gasteiger partial charge < -0.3 is 14.6 Å². The fourth-order valence-corrected chi connectivity index (χ4v) is 2.77. The molecule has 3 rings (SSSR count). The standard InChI is InChI=1S/C20H18F2N4O4/c1-29-10-11-30-12-26-19(23-24-25-26)18(20(27)28)17(13-2-6-15(21)7-3-13)14-4-8-16(22)9-5-14/h2-9H,10-12H2,1H3,(H,27,28). The molecule has 0 saturated carbocycles. The van der Waals surface area contributed by atoms with Crippen LogP contribution in [0.3, 0.4) is 0 Å². The molecule has 0 saturated heterocycles. The quantitative estimate of drug-likeness (QED) is 0.423. The fraction of sp³-hybridized carbons (Fsp3) is 0.200. The van der Waals surface area contributed by atoms with Crippen molar-refractivity contribution >= 4 is 17.1 Å². The average Bonchev–Trinajstić information content (AvgIpc) is 3.18. The van der Waals surface area contributed by atoms with Crippen molar-refractivity contribution in [1.29, 1.82) is 0 Å². The summed E-state index contributed by atoms with van der Waals surface area (Å²) in [5.41, 5.74) is 0.759. The molecule has 0 aliphatic rings. The minimum atomic E-state index is -1.31. The molecule has 1 N–H and O–H groups in total. The molecule has 0 spiro atoms. The lowest BCUT2D eigenvalue weighted by atomic mass is 9.92. The third-order valence-corrected chi connectivity index (χ3v) is 4.13. The van der Waals surface area contributed by atoms with Gasteiger partial charge in [-0.25, -0.2) is 13.6 Å². The van der Waals surface area contributed by atoms with Gasteiger partial charge in [0.1, 0.15) is 23.9 Å². The van der Waals surface area contributed by atoms with E-state index in [9.17, 15) is 18.7 Å². The molecule has 0 radical (unpaired) electrons. The summed E-state index contributed by atoms with van der Waals surface area (Å²) >= 11 is 0. The molecule has 0 bridgehead atoms. The molecule has 0 unspecified atom stereocenters. The second-order valence-electron chi connectivity index (χ2n) is 6.10. The molecule has 1 heterocycles. The lowest BCUT2D eigenvalue weighted by molar-refractivity contribution is -0.130. The highest BCUT2D eigenvalue weighted by molar-refractivity contribution is 6.25. The van der Waals surface area contributed by atoms with Crippen molar-refractivity contribution in [3.05, 3.63) is 77.1 Å². The first-order valence-electron chi connectivity index (χ1n) is 8.84. The van der Waals surface area contributed by atoms with E-state index in [1.807, 2.05) is 0 Å². The maximum absolute atomic E-state index is 13.5. The van der Waals surface area contributed by atoms with Crippen LogP contribution in [0.5, 0.6) is 0 Å². The van der Waals surface area contributed by atoms with Crippen molar-refractivity contribution in [3.63, 3.8) is 0 Å². The highest BCUT2D eigenvalue weighted by atomic mass is 19.1. The van der Waals surface area contributed by atoms with Crippen LogP contribution in [0.15, 0.2) is 48.5 Å². The van der Waals surface area contributed by atoms with Crippen LogP contribution in [-0.2, 0) is 21.0 Å². The molecule has 156 valence electrons. The Morgan fingerprint density at radius 1 is 1.00 bits per heavy atom. The number of aliphatic carboxylic acids is 1. The van der Waals surface area contributed by atoms with Gasteiger partial charge in [-0.15, -0.1) is 5.10 Å². The summed E-state index contributed by atoms with van der Waals surface area (Å²) in [6.45, 7) is 0.489. The van der Waals surface area contributed by atoms with Crippen molar-refractivity contribution in [1.82, 2.24) is 20.2 Å². The Kier molecular flexibility index (Phi) is 6.94. The summed E-state index contributed by atoms with van der Waals surface area (Å²) in [6, 6.07) is 10.5. The number of hydrogen-bond donors (Lipinski definition) is 1. The van der Waals surface area contributed by atoms with Crippen LogP contribution in [0.25, 0.3) is 11.1 Å². The van der Waals surface area contributed by atoms with E-state index in [4.69, 9.17) is 9.47 Å². The van der Waals surface area contributed by atoms with Gasteiger partial charge in [-0.05, 0) is 45.8 Å². The predicted molar refractivity (Wildman–Crippen MR) is 102 cm³/mol. The fourth-order valence-electron chi connectivity index (χ4n) is 2.77. The van der Waals surface area contributed by atoms with Gasteiger partial charge in [0.15, 0.2) is 5.82 Å². The Hall–Kier alpha value is -3.50. The highest BCUT2D eigenvalue weighted by Crippen LogP contribution is 2.32. The lowest BCUT2D eigenvalue weighted by Crippen LogP contribution is -2.15. The normalized spacial score (nSPS) is 10.8. The second-order valence-corrected chi connectivity index (χ2v) is 6.10. The smallest absolute Gasteiger partial charge is 0.340 e. The molecule has 8 nitrogen and oxygen atoms in total. The van der Waals surface area contributed by atoms with Crippen LogP contribution >= 0.6 is 0 Å². The highest BCUT2D eigenvalue weighted by Gasteiger charge is 2.25. The maximum Gasteiger partial charge on any atom is 0.340 e. The van der Waals surface area contributed by atoms with Crippen LogP contribution in [0, 0.1) is 11.6 Å². The third-order valence-electron chi connectivity index (χ3n) is 4.13. The Balaban J connectivity index is 2.16. The maximum atomic E-state index is 13.5. The van der Waals surface area contributed by atoms with Gasteiger partial charge in [0.2, 0.25) is 0 Å². The summed E-state index contributed by atoms with van der Waals surface area (Å²) in [4.78, 5) is 12.3. The number of aromatic nitrogens is 4. The van der Waals surface area contributed by atoms with Crippen molar-refractivity contribution in [2.24, 2.45) is 0 Å². The minimum absolute atomic E-state index is 0.0661. The Morgan fingerprint density at radius 2 is 1.57 bits per heavy atom. The van der Waals surface area contributed by atoms with E-state index in [-0.39, 0.29) is 30.3 Å². The van der Waals surface area contributed by atoms with E-state index in [0.29, 0.717) is 17.7 Å². The molecule has 2 aromatic carbocycles. The number of rotatable bonds is 9. The lowest BCUT2D eigenvalue weighted by Gasteiger charge is -2.14. The van der Waals surface area contributed by atoms with Gasteiger partial charge in [-0.3, -0.25) is 0 Å². The molecule has 10 heteroatoms. The number of carboxylic acids is 1. The molecule has 0 aliphatic carbocycles. The van der Waals surface area contributed by atoms with Crippen LogP contribution in [0.2, 0.25) is 0 Å². The monoisotopic (exact) mass is 416 g/mol. The summed E-state index contributed by atoms with van der Waals surface area (Å²) in [6.07, 6.45) is 0. The van der Waals surface area contributed by atoms with Crippen molar-refractivity contribution < 1.29 is 28.2 Å². The molecule has 30 heavy (non-hydrogen) atoms. The van der Waals surface area contributed by atoms with E-state index in [2.05, 4.69) is 15.5 Å². The molecular weight excluding hydrogens is 398 g/mol. The first kappa shape index (κ1) is 21.2. The van der Waals surface area contributed by atoms with Crippen LogP contribution in [0.4, 0.5) is 8.78 Å². The SMILES string of the molecule is COCCOCn1nnnc1C(C(=O)O)=C(c1ccc(F)cc1)c1ccc(F)cc1. The van der Waals surface area contributed by atoms with Gasteiger partial charge in [0, 0.05) is 12.7 Å². The number of carbonyl (C=O) groups is 1. The Labute approximate surface area is 170 Å². The van der Waals surface area contributed by atoms with Gasteiger partial charge in [0.05, 0.1) is 13.2 Å². The zero-order chi connectivity index (χ0) is 21.5. The average molecular weight is 416 g/mol. The largest absolute Gasteiger partial charge is 0.478 e. The number of ether oxygens (including phenoxy) is 2. The zero-order valence-corrected chi connectivity index (χ0v) is 16.0. The van der Waals surface area contributed by atoms with E-state index in [1.54, 1.807) is 0 Å². The molecule has 0 aliphatic heterocycles. The number of tetrazole rings is 1. The molecule has 1 aromatic heterocycles. The summed E-state index contributed by atoms with van der Waals surface area (Å²) in [5.74, 6) is -2.34. The van der Waals surface area contributed by atoms with Crippen LogP contribution in [-0.4, -0.2) is 51.6 Å². The number of carboxylic acid groups (broad SMARTS) is 1. The summed E-state index contributed by atoms with van der Waals surface area (Å²) < 4.78 is 38.4. The van der Waals surface area contributed by atoms with Crippen molar-refractivity contribution in [2.45, 2.75) is 6.73 Å². The minimum Gasteiger partial charge on any atom is -0.478 e. The third kappa shape index (κ3) is 4.91. The Bertz CT molecular complexity index is 986. The van der Waals surface area contributed by atoms with Gasteiger partial charge in [0.25, 0.3) is 0 Å². The Morgan fingerprint density at radius 3 is 2.07 bits per heavy atom. The number of halogens is 2. The van der Waals surface area contributed by atoms with Crippen LogP contribution < -0.4 is 0 Å². The zero-order valence-electron chi connectivity index (χ0n) is 16.0. The molecular formula is C20H18F2N4O4. The molecule has 3 aromatic rings. The van der Waals surface area contributed by atoms with E-state index < -0.39 is 17.6 Å². The second kappa shape index (κ2) is 9.81. The number of nitrogens with zero attached hydrogens (tertiary/aromatic N) is 4. The van der Waals surface area contributed by atoms with Gasteiger partial charge in [-0.1, -0.05) is 24.3 Å². The molecule has 0 amide bonds. The predicted octanol–water partition coefficient (Wildman–Crippen LogP) is 2.62. The number of methoxy groups -OCH3 is 1. The van der Waals surface area contributed by atoms with Gasteiger partial charge in [-0.2, -0.15) is 4.68 Å². The summed E-state index contributed by atoms with van der Waals surface area (Å²) in [7, 11) is 1.52. The first-order valence-corrected chi connectivity index (χ1v) is 8.84. The van der Waals surface area contributed by atoms with Crippen LogP contribution in [0.1, 0.15) is 17.0 Å². The topological polar surface area (TPSA) is 99.4 Å². The summed E-state index contributed by atoms with van der Waals surface area (Å²) in [5, 5.41) is 21.2. The van der Waals surface area contributed by atoms with E-state index in [1.165, 1.54) is 60.3 Å².